The number of carbonyl (C=O) groups excluding carboxylic acids is 2. The molecule has 1 aromatic carbocycles. The van der Waals surface area contributed by atoms with Crippen LogP contribution in [0.3, 0.4) is 0 Å². The summed E-state index contributed by atoms with van der Waals surface area (Å²) in [7, 11) is 1.62. The predicted molar refractivity (Wildman–Crippen MR) is 91.0 cm³/mol. The van der Waals surface area contributed by atoms with E-state index in [2.05, 4.69) is 10.3 Å². The molecule has 0 bridgehead atoms. The molecule has 0 unspecified atom stereocenters. The highest BCUT2D eigenvalue weighted by Crippen LogP contribution is 2.22. The highest BCUT2D eigenvalue weighted by molar-refractivity contribution is 6.48. The molecule has 3 rings (SSSR count). The number of rotatable bonds is 6. The topological polar surface area (TPSA) is 73.2 Å². The van der Waals surface area contributed by atoms with Gasteiger partial charge in [-0.3, -0.25) is 14.6 Å². The molecule has 0 saturated heterocycles. The number of nitrogens with one attached hydrogen (secondary N) is 1. The summed E-state index contributed by atoms with van der Waals surface area (Å²) in [4.78, 5) is 28.7. The van der Waals surface area contributed by atoms with Gasteiger partial charge < -0.3 is 14.6 Å². The molecule has 0 spiro atoms. The first-order valence-corrected chi connectivity index (χ1v) is 7.53. The number of benzene rings is 1. The summed E-state index contributed by atoms with van der Waals surface area (Å²) in [5.74, 6) is -1.24. The number of amides is 1. The standard InChI is InChI=1S/C18H17N3O3/c1-24-11-10-21-12-15(14-4-2-3-5-16(14)21)17(22)18(23)20-13-6-8-19-9-7-13/h2-9,12H,10-11H2,1H3,(H,19,20,23). The summed E-state index contributed by atoms with van der Waals surface area (Å²) >= 11 is 0. The van der Waals surface area contributed by atoms with Gasteiger partial charge in [-0.25, -0.2) is 0 Å². The van der Waals surface area contributed by atoms with Crippen molar-refractivity contribution in [3.8, 4) is 0 Å². The van der Waals surface area contributed by atoms with Gasteiger partial charge in [-0.2, -0.15) is 0 Å². The van der Waals surface area contributed by atoms with Crippen molar-refractivity contribution in [3.63, 3.8) is 0 Å². The Hall–Kier alpha value is -2.99. The Kier molecular flexibility index (Phi) is 4.67. The Morgan fingerprint density at radius 2 is 1.92 bits per heavy atom. The smallest absolute Gasteiger partial charge is 0.296 e. The van der Waals surface area contributed by atoms with Crippen LogP contribution in [0.2, 0.25) is 0 Å². The Balaban J connectivity index is 1.90. The van der Waals surface area contributed by atoms with Crippen LogP contribution >= 0.6 is 0 Å². The molecule has 122 valence electrons. The Morgan fingerprint density at radius 1 is 1.17 bits per heavy atom. The van der Waals surface area contributed by atoms with Crippen LogP contribution in [0.15, 0.2) is 55.0 Å². The minimum absolute atomic E-state index is 0.383. The number of hydrogen-bond acceptors (Lipinski definition) is 4. The van der Waals surface area contributed by atoms with Crippen LogP contribution in [-0.4, -0.2) is 35.0 Å². The summed E-state index contributed by atoms with van der Waals surface area (Å²) in [6.45, 7) is 1.13. The van der Waals surface area contributed by atoms with E-state index in [0.717, 1.165) is 10.9 Å². The number of pyridine rings is 1. The molecule has 1 amide bonds. The third kappa shape index (κ3) is 3.18. The van der Waals surface area contributed by atoms with Crippen LogP contribution in [-0.2, 0) is 16.1 Å². The monoisotopic (exact) mass is 323 g/mol. The van der Waals surface area contributed by atoms with Gasteiger partial charge in [0.05, 0.1) is 12.2 Å². The molecule has 2 aromatic heterocycles. The number of ether oxygens (including phenoxy) is 1. The van der Waals surface area contributed by atoms with E-state index in [-0.39, 0.29) is 0 Å². The van der Waals surface area contributed by atoms with Crippen molar-refractivity contribution in [3.05, 3.63) is 60.6 Å². The lowest BCUT2D eigenvalue weighted by atomic mass is 10.1. The molecular weight excluding hydrogens is 306 g/mol. The molecular formula is C18H17N3O3. The zero-order valence-electron chi connectivity index (χ0n) is 13.2. The maximum Gasteiger partial charge on any atom is 0.296 e. The van der Waals surface area contributed by atoms with Crippen LogP contribution in [0.25, 0.3) is 10.9 Å². The largest absolute Gasteiger partial charge is 0.383 e. The first-order chi connectivity index (χ1) is 11.7. The molecule has 0 aliphatic heterocycles. The normalized spacial score (nSPS) is 10.7. The lowest BCUT2D eigenvalue weighted by Crippen LogP contribution is -2.22. The molecule has 2 heterocycles. The summed E-state index contributed by atoms with van der Waals surface area (Å²) < 4.78 is 7.02. The van der Waals surface area contributed by atoms with Crippen LogP contribution in [0.5, 0.6) is 0 Å². The molecule has 0 atom stereocenters. The quantitative estimate of drug-likeness (QED) is 0.559. The van der Waals surface area contributed by atoms with Crippen molar-refractivity contribution in [2.75, 3.05) is 19.0 Å². The minimum atomic E-state index is -0.671. The number of anilines is 1. The average Bonchev–Trinajstić information content (AvgIpc) is 2.99. The first kappa shape index (κ1) is 15.9. The Labute approximate surface area is 139 Å². The fourth-order valence-corrected chi connectivity index (χ4v) is 2.55. The number of fused-ring (bicyclic) bond motifs is 1. The number of nitrogens with zero attached hydrogens (tertiary/aromatic N) is 2. The molecule has 6 nitrogen and oxygen atoms in total. The number of methoxy groups -OCH3 is 1. The Bertz CT molecular complexity index is 872. The molecule has 0 aliphatic rings. The number of Topliss-reactive ketones (excluding diaryl/α,β-unsaturated/α-hetero) is 1. The number of hydrogen-bond donors (Lipinski definition) is 1. The summed E-state index contributed by atoms with van der Waals surface area (Å²) in [5.41, 5.74) is 1.81. The maximum absolute atomic E-state index is 12.6. The van der Waals surface area contributed by atoms with Gasteiger partial charge in [0.25, 0.3) is 11.7 Å². The molecule has 1 N–H and O–H groups in total. The second-order valence-electron chi connectivity index (χ2n) is 5.27. The van der Waals surface area contributed by atoms with E-state index in [9.17, 15) is 9.59 Å². The fraction of sp³-hybridized carbons (Fsp3) is 0.167. The van der Waals surface area contributed by atoms with Gasteiger partial charge in [0.1, 0.15) is 0 Å². The molecule has 0 radical (unpaired) electrons. The summed E-state index contributed by atoms with van der Waals surface area (Å²) in [6.07, 6.45) is 4.81. The zero-order chi connectivity index (χ0) is 16.9. The van der Waals surface area contributed by atoms with Crippen LogP contribution in [0, 0.1) is 0 Å². The van der Waals surface area contributed by atoms with Gasteiger partial charge in [-0.05, 0) is 18.2 Å². The molecule has 0 aliphatic carbocycles. The SMILES string of the molecule is COCCn1cc(C(=O)C(=O)Nc2ccncc2)c2ccccc21. The van der Waals surface area contributed by atoms with Crippen LogP contribution in [0.1, 0.15) is 10.4 Å². The van der Waals surface area contributed by atoms with Gasteiger partial charge >= 0.3 is 0 Å². The van der Waals surface area contributed by atoms with Crippen molar-refractivity contribution >= 4 is 28.3 Å². The van der Waals surface area contributed by atoms with E-state index in [1.165, 1.54) is 0 Å². The average molecular weight is 323 g/mol. The predicted octanol–water partition coefficient (Wildman–Crippen LogP) is 2.50. The maximum atomic E-state index is 12.6. The van der Waals surface area contributed by atoms with Crippen molar-refractivity contribution in [1.82, 2.24) is 9.55 Å². The van der Waals surface area contributed by atoms with Gasteiger partial charge in [-0.15, -0.1) is 0 Å². The fourth-order valence-electron chi connectivity index (χ4n) is 2.55. The van der Waals surface area contributed by atoms with E-state index in [4.69, 9.17) is 4.74 Å². The highest BCUT2D eigenvalue weighted by atomic mass is 16.5. The van der Waals surface area contributed by atoms with Crippen LogP contribution < -0.4 is 5.32 Å². The second-order valence-corrected chi connectivity index (χ2v) is 5.27. The van der Waals surface area contributed by atoms with Gasteiger partial charge in [0, 0.05) is 48.8 Å². The third-order valence-corrected chi connectivity index (χ3v) is 3.71. The minimum Gasteiger partial charge on any atom is -0.383 e. The number of aromatic nitrogens is 2. The van der Waals surface area contributed by atoms with Crippen LogP contribution in [0.4, 0.5) is 5.69 Å². The van der Waals surface area contributed by atoms with Gasteiger partial charge in [0.2, 0.25) is 0 Å². The van der Waals surface area contributed by atoms with E-state index in [1.54, 1.807) is 37.8 Å². The highest BCUT2D eigenvalue weighted by Gasteiger charge is 2.21. The third-order valence-electron chi connectivity index (χ3n) is 3.71. The first-order valence-electron chi connectivity index (χ1n) is 7.53. The number of para-hydroxylation sites is 1. The molecule has 0 saturated carbocycles. The van der Waals surface area contributed by atoms with Crippen molar-refractivity contribution in [2.45, 2.75) is 6.54 Å². The van der Waals surface area contributed by atoms with E-state index in [1.807, 2.05) is 28.8 Å². The van der Waals surface area contributed by atoms with Crippen molar-refractivity contribution in [2.24, 2.45) is 0 Å². The summed E-state index contributed by atoms with van der Waals surface area (Å²) in [6, 6.07) is 10.8. The molecule has 0 fully saturated rings. The molecule has 3 aromatic rings. The van der Waals surface area contributed by atoms with E-state index >= 15 is 0 Å². The zero-order valence-corrected chi connectivity index (χ0v) is 13.2. The van der Waals surface area contributed by atoms with Crippen molar-refractivity contribution in [1.29, 1.82) is 0 Å². The lowest BCUT2D eigenvalue weighted by molar-refractivity contribution is -0.112. The second kappa shape index (κ2) is 7.06. The number of carbonyl (C=O) groups is 2. The lowest BCUT2D eigenvalue weighted by Gasteiger charge is -2.03. The van der Waals surface area contributed by atoms with Gasteiger partial charge in [-0.1, -0.05) is 18.2 Å². The summed E-state index contributed by atoms with van der Waals surface area (Å²) in [5, 5.41) is 3.35. The van der Waals surface area contributed by atoms with E-state index < -0.39 is 11.7 Å². The molecule has 6 heteroatoms. The Morgan fingerprint density at radius 3 is 2.67 bits per heavy atom. The van der Waals surface area contributed by atoms with E-state index in [0.29, 0.717) is 24.4 Å². The van der Waals surface area contributed by atoms with Crippen molar-refractivity contribution < 1.29 is 14.3 Å². The van der Waals surface area contributed by atoms with Gasteiger partial charge in [0.15, 0.2) is 0 Å². The number of ketones is 1. The molecule has 24 heavy (non-hydrogen) atoms.